The van der Waals surface area contributed by atoms with E-state index in [0.717, 1.165) is 11.1 Å². The zero-order valence-corrected chi connectivity index (χ0v) is 13.1. The van der Waals surface area contributed by atoms with Crippen molar-refractivity contribution >= 4 is 10.0 Å². The van der Waals surface area contributed by atoms with Gasteiger partial charge in [0.2, 0.25) is 10.0 Å². The molecule has 0 spiro atoms. The Balaban J connectivity index is 2.36. The van der Waals surface area contributed by atoms with Gasteiger partial charge in [0.05, 0.1) is 4.90 Å². The molecule has 2 rings (SSSR count). The van der Waals surface area contributed by atoms with Gasteiger partial charge in [-0.2, -0.15) is 4.31 Å². The fourth-order valence-electron chi connectivity index (χ4n) is 2.17. The van der Waals surface area contributed by atoms with Gasteiger partial charge in [-0.3, -0.25) is 0 Å². The molecule has 0 aliphatic rings. The summed E-state index contributed by atoms with van der Waals surface area (Å²) in [5.74, 6) is 0.162. The molecule has 2 aromatic carbocycles. The molecule has 1 unspecified atom stereocenters. The summed E-state index contributed by atoms with van der Waals surface area (Å²) >= 11 is 0. The van der Waals surface area contributed by atoms with Crippen molar-refractivity contribution in [3.05, 3.63) is 59.7 Å². The first-order valence-electron chi connectivity index (χ1n) is 6.66. The van der Waals surface area contributed by atoms with Crippen molar-refractivity contribution in [2.75, 3.05) is 7.05 Å². The minimum absolute atomic E-state index is 0.162. The van der Waals surface area contributed by atoms with Crippen molar-refractivity contribution < 1.29 is 13.5 Å². The number of hydrogen-bond acceptors (Lipinski definition) is 3. The summed E-state index contributed by atoms with van der Waals surface area (Å²) < 4.78 is 26.8. The fourth-order valence-corrected chi connectivity index (χ4v) is 3.75. The van der Waals surface area contributed by atoms with Gasteiger partial charge in [-0.15, -0.1) is 0 Å². The molecule has 0 aliphatic carbocycles. The third kappa shape index (κ3) is 3.09. The lowest BCUT2D eigenvalue weighted by atomic mass is 10.1. The number of nitrogens with zero attached hydrogens (tertiary/aromatic N) is 1. The van der Waals surface area contributed by atoms with Crippen LogP contribution in [-0.2, 0) is 10.0 Å². The van der Waals surface area contributed by atoms with Crippen LogP contribution in [0.15, 0.2) is 53.4 Å². The fraction of sp³-hybridized carbons (Fsp3) is 0.250. The lowest BCUT2D eigenvalue weighted by Gasteiger charge is -2.25. The van der Waals surface area contributed by atoms with Crippen LogP contribution < -0.4 is 0 Å². The topological polar surface area (TPSA) is 57.6 Å². The standard InChI is InChI=1S/C16H19NO3S/c1-12-6-4-5-7-16(12)21(19,20)17(3)13(2)14-8-10-15(18)11-9-14/h4-11,13,18H,1-3H3. The summed E-state index contributed by atoms with van der Waals surface area (Å²) in [6, 6.07) is 13.2. The molecule has 0 amide bonds. The molecule has 0 bridgehead atoms. The Morgan fingerprint density at radius 1 is 1.05 bits per heavy atom. The quantitative estimate of drug-likeness (QED) is 0.944. The van der Waals surface area contributed by atoms with E-state index in [4.69, 9.17) is 0 Å². The van der Waals surface area contributed by atoms with E-state index in [1.807, 2.05) is 13.0 Å². The van der Waals surface area contributed by atoms with E-state index in [2.05, 4.69) is 0 Å². The maximum Gasteiger partial charge on any atom is 0.243 e. The Bertz CT molecular complexity index is 723. The molecule has 0 aliphatic heterocycles. The van der Waals surface area contributed by atoms with Gasteiger partial charge in [-0.25, -0.2) is 8.42 Å². The van der Waals surface area contributed by atoms with Gasteiger partial charge in [0.1, 0.15) is 5.75 Å². The van der Waals surface area contributed by atoms with Crippen molar-refractivity contribution in [3.63, 3.8) is 0 Å². The Morgan fingerprint density at radius 2 is 1.62 bits per heavy atom. The summed E-state index contributed by atoms with van der Waals surface area (Å²) in [4.78, 5) is 0.318. The second-order valence-electron chi connectivity index (χ2n) is 5.05. The van der Waals surface area contributed by atoms with Crippen LogP contribution in [0.25, 0.3) is 0 Å². The third-order valence-corrected chi connectivity index (χ3v) is 5.76. The van der Waals surface area contributed by atoms with Crippen LogP contribution in [0.4, 0.5) is 0 Å². The molecule has 5 heteroatoms. The number of aromatic hydroxyl groups is 1. The van der Waals surface area contributed by atoms with Crippen molar-refractivity contribution in [2.45, 2.75) is 24.8 Å². The van der Waals surface area contributed by atoms with Crippen LogP contribution in [0.3, 0.4) is 0 Å². The first-order valence-corrected chi connectivity index (χ1v) is 8.10. The van der Waals surface area contributed by atoms with Crippen LogP contribution in [0.1, 0.15) is 24.1 Å². The summed E-state index contributed by atoms with van der Waals surface area (Å²) in [6.07, 6.45) is 0. The highest BCUT2D eigenvalue weighted by Crippen LogP contribution is 2.27. The SMILES string of the molecule is Cc1ccccc1S(=O)(=O)N(C)C(C)c1ccc(O)cc1. The average Bonchev–Trinajstić information content (AvgIpc) is 2.46. The highest BCUT2D eigenvalue weighted by atomic mass is 32.2. The maximum atomic E-state index is 12.7. The number of aryl methyl sites for hydroxylation is 1. The van der Waals surface area contributed by atoms with Gasteiger partial charge < -0.3 is 5.11 Å². The summed E-state index contributed by atoms with van der Waals surface area (Å²) in [7, 11) is -1.99. The predicted molar refractivity (Wildman–Crippen MR) is 82.6 cm³/mol. The Hall–Kier alpha value is -1.85. The first kappa shape index (κ1) is 15.5. The first-order chi connectivity index (χ1) is 9.84. The van der Waals surface area contributed by atoms with E-state index in [1.165, 1.54) is 4.31 Å². The number of hydrogen-bond donors (Lipinski definition) is 1. The van der Waals surface area contributed by atoms with Crippen molar-refractivity contribution in [2.24, 2.45) is 0 Å². The van der Waals surface area contributed by atoms with Crippen molar-refractivity contribution in [1.29, 1.82) is 0 Å². The lowest BCUT2D eigenvalue weighted by molar-refractivity contribution is 0.397. The molecule has 0 radical (unpaired) electrons. The molecule has 0 saturated carbocycles. The van der Waals surface area contributed by atoms with E-state index < -0.39 is 10.0 Å². The van der Waals surface area contributed by atoms with E-state index in [-0.39, 0.29) is 11.8 Å². The molecule has 0 heterocycles. The van der Waals surface area contributed by atoms with Gasteiger partial charge in [0.15, 0.2) is 0 Å². The molecular weight excluding hydrogens is 286 g/mol. The third-order valence-electron chi connectivity index (χ3n) is 3.67. The van der Waals surface area contributed by atoms with Crippen molar-refractivity contribution in [1.82, 2.24) is 4.31 Å². The summed E-state index contributed by atoms with van der Waals surface area (Å²) in [5, 5.41) is 9.32. The number of benzene rings is 2. The van der Waals surface area contributed by atoms with Crippen LogP contribution >= 0.6 is 0 Å². The van der Waals surface area contributed by atoms with Gasteiger partial charge in [-0.05, 0) is 43.2 Å². The van der Waals surface area contributed by atoms with Gasteiger partial charge in [-0.1, -0.05) is 30.3 Å². The Morgan fingerprint density at radius 3 is 2.19 bits per heavy atom. The molecule has 4 nitrogen and oxygen atoms in total. The lowest BCUT2D eigenvalue weighted by Crippen LogP contribution is -2.30. The van der Waals surface area contributed by atoms with Crippen LogP contribution in [0, 0.1) is 6.92 Å². The molecular formula is C16H19NO3S. The normalized spacial score (nSPS) is 13.3. The zero-order chi connectivity index (χ0) is 15.6. The highest BCUT2D eigenvalue weighted by Gasteiger charge is 2.27. The second-order valence-corrected chi connectivity index (χ2v) is 7.02. The molecule has 1 atom stereocenters. The van der Waals surface area contributed by atoms with Gasteiger partial charge >= 0.3 is 0 Å². The largest absolute Gasteiger partial charge is 0.508 e. The number of phenols is 1. The summed E-state index contributed by atoms with van der Waals surface area (Å²) in [5.41, 5.74) is 1.55. The molecule has 21 heavy (non-hydrogen) atoms. The molecule has 2 aromatic rings. The van der Waals surface area contributed by atoms with Crippen LogP contribution in [-0.4, -0.2) is 24.9 Å². The molecule has 0 aromatic heterocycles. The van der Waals surface area contributed by atoms with E-state index in [9.17, 15) is 13.5 Å². The smallest absolute Gasteiger partial charge is 0.243 e. The number of rotatable bonds is 4. The van der Waals surface area contributed by atoms with Gasteiger partial charge in [0.25, 0.3) is 0 Å². The highest BCUT2D eigenvalue weighted by molar-refractivity contribution is 7.89. The maximum absolute atomic E-state index is 12.7. The number of phenolic OH excluding ortho intramolecular Hbond substituents is 1. The average molecular weight is 305 g/mol. The Labute approximate surface area is 125 Å². The van der Waals surface area contributed by atoms with Crippen molar-refractivity contribution in [3.8, 4) is 5.75 Å². The zero-order valence-electron chi connectivity index (χ0n) is 12.3. The van der Waals surface area contributed by atoms with Crippen LogP contribution in [0.5, 0.6) is 5.75 Å². The Kier molecular flexibility index (Phi) is 4.34. The monoisotopic (exact) mass is 305 g/mol. The minimum Gasteiger partial charge on any atom is -0.508 e. The van der Waals surface area contributed by atoms with E-state index in [0.29, 0.717) is 4.90 Å². The predicted octanol–water partition coefficient (Wildman–Crippen LogP) is 3.08. The van der Waals surface area contributed by atoms with E-state index >= 15 is 0 Å². The van der Waals surface area contributed by atoms with E-state index in [1.54, 1.807) is 56.4 Å². The molecule has 112 valence electrons. The number of sulfonamides is 1. The van der Waals surface area contributed by atoms with Crippen LogP contribution in [0.2, 0.25) is 0 Å². The minimum atomic E-state index is -3.56. The molecule has 0 saturated heterocycles. The second kappa shape index (κ2) is 5.87. The van der Waals surface area contributed by atoms with Gasteiger partial charge in [0, 0.05) is 13.1 Å². The molecule has 1 N–H and O–H groups in total. The summed E-state index contributed by atoms with van der Waals surface area (Å²) in [6.45, 7) is 3.61. The molecule has 0 fully saturated rings.